The van der Waals surface area contributed by atoms with E-state index in [1.54, 1.807) is 36.4 Å². The lowest BCUT2D eigenvalue weighted by molar-refractivity contribution is 0.101. The van der Waals surface area contributed by atoms with Gasteiger partial charge in [0.1, 0.15) is 0 Å². The summed E-state index contributed by atoms with van der Waals surface area (Å²) in [5.41, 5.74) is 2.17. The number of nitrogens with one attached hydrogen (secondary N) is 2. The van der Waals surface area contributed by atoms with Gasteiger partial charge in [0.2, 0.25) is 13.6 Å². The van der Waals surface area contributed by atoms with Crippen LogP contribution in [0.4, 0.5) is 11.4 Å². The predicted molar refractivity (Wildman–Crippen MR) is 151 cm³/mol. The Labute approximate surface area is 227 Å². The molecule has 194 valence electrons. The standard InChI is InChI=1S/C32H20N2O6/c35-31(21-3-1-5-25-29(21)39-15-37-25)33-23-13-9-17-8-12-20-24(14-10-18-7-11-19(23)27(17)28(18)20)34-32(36)22-4-2-6-26-30(22)40-16-38-26/h1-14H,15-16H2,(H,33,35)(H,34,36). The molecular formula is C32H20N2O6. The average Bonchev–Trinajstić information content (AvgIpc) is 3.67. The molecule has 0 fully saturated rings. The maximum atomic E-state index is 13.3. The molecule has 2 aliphatic rings. The van der Waals surface area contributed by atoms with Crippen LogP contribution in [0.1, 0.15) is 20.7 Å². The number of amides is 2. The fourth-order valence-corrected chi connectivity index (χ4v) is 5.62. The Morgan fingerprint density at radius 3 is 1.45 bits per heavy atom. The molecule has 0 saturated carbocycles. The molecule has 0 saturated heterocycles. The van der Waals surface area contributed by atoms with Gasteiger partial charge in [-0.15, -0.1) is 0 Å². The summed E-state index contributed by atoms with van der Waals surface area (Å²) >= 11 is 0. The number of anilines is 2. The van der Waals surface area contributed by atoms with Gasteiger partial charge in [0.15, 0.2) is 23.0 Å². The minimum absolute atomic E-state index is 0.0881. The molecule has 40 heavy (non-hydrogen) atoms. The Morgan fingerprint density at radius 2 is 0.975 bits per heavy atom. The Morgan fingerprint density at radius 1 is 0.525 bits per heavy atom. The lowest BCUT2D eigenvalue weighted by Crippen LogP contribution is -2.13. The summed E-state index contributed by atoms with van der Waals surface area (Å²) in [5.74, 6) is 1.42. The van der Waals surface area contributed by atoms with Crippen LogP contribution in [0.15, 0.2) is 84.9 Å². The van der Waals surface area contributed by atoms with E-state index >= 15 is 0 Å². The smallest absolute Gasteiger partial charge is 0.259 e. The molecule has 0 unspecified atom stereocenters. The Hall–Kier alpha value is -5.50. The van der Waals surface area contributed by atoms with Crippen molar-refractivity contribution in [3.05, 3.63) is 96.1 Å². The van der Waals surface area contributed by atoms with Crippen molar-refractivity contribution in [2.24, 2.45) is 0 Å². The van der Waals surface area contributed by atoms with Gasteiger partial charge in [-0.1, -0.05) is 48.5 Å². The van der Waals surface area contributed by atoms with Crippen molar-refractivity contribution in [1.82, 2.24) is 0 Å². The Balaban J connectivity index is 1.21. The second-order valence-corrected chi connectivity index (χ2v) is 9.64. The molecule has 0 bridgehead atoms. The van der Waals surface area contributed by atoms with E-state index in [0.717, 1.165) is 32.3 Å². The third kappa shape index (κ3) is 3.32. The fraction of sp³-hybridized carbons (Fsp3) is 0.0625. The molecule has 0 radical (unpaired) electrons. The maximum absolute atomic E-state index is 13.3. The van der Waals surface area contributed by atoms with Gasteiger partial charge < -0.3 is 29.6 Å². The van der Waals surface area contributed by atoms with Gasteiger partial charge in [0.25, 0.3) is 11.8 Å². The second-order valence-electron chi connectivity index (χ2n) is 9.64. The van der Waals surface area contributed by atoms with E-state index in [1.807, 2.05) is 48.5 Å². The molecular weight excluding hydrogens is 508 g/mol. The Kier molecular flexibility index (Phi) is 4.78. The summed E-state index contributed by atoms with van der Waals surface area (Å²) < 4.78 is 21.9. The van der Waals surface area contributed by atoms with Crippen LogP contribution in [0.3, 0.4) is 0 Å². The molecule has 6 aromatic rings. The van der Waals surface area contributed by atoms with E-state index in [4.69, 9.17) is 18.9 Å². The average molecular weight is 529 g/mol. The van der Waals surface area contributed by atoms with Crippen molar-refractivity contribution in [3.8, 4) is 23.0 Å². The number of hydrogen-bond acceptors (Lipinski definition) is 6. The van der Waals surface area contributed by atoms with Crippen molar-refractivity contribution < 1.29 is 28.5 Å². The highest BCUT2D eigenvalue weighted by Crippen LogP contribution is 2.42. The Bertz CT molecular complexity index is 1870. The maximum Gasteiger partial charge on any atom is 0.259 e. The quantitative estimate of drug-likeness (QED) is 0.252. The molecule has 6 aromatic carbocycles. The largest absolute Gasteiger partial charge is 0.454 e. The third-order valence-corrected chi connectivity index (χ3v) is 7.44. The zero-order chi connectivity index (χ0) is 26.8. The molecule has 2 N–H and O–H groups in total. The van der Waals surface area contributed by atoms with Crippen molar-refractivity contribution in [2.45, 2.75) is 0 Å². The highest BCUT2D eigenvalue weighted by atomic mass is 16.7. The summed E-state index contributed by atoms with van der Waals surface area (Å²) in [4.78, 5) is 26.6. The SMILES string of the molecule is O=C(Nc1ccc2ccc3c(NC(=O)c4cccc5c4OCO5)ccc4ccc1c2c43)c1cccc2c1OCO2. The van der Waals surface area contributed by atoms with Crippen LogP contribution < -0.4 is 29.6 Å². The molecule has 2 aliphatic heterocycles. The van der Waals surface area contributed by atoms with Crippen molar-refractivity contribution in [1.29, 1.82) is 0 Å². The van der Waals surface area contributed by atoms with Crippen LogP contribution in [-0.4, -0.2) is 25.4 Å². The van der Waals surface area contributed by atoms with E-state index in [9.17, 15) is 9.59 Å². The van der Waals surface area contributed by atoms with Crippen molar-refractivity contribution >= 4 is 55.5 Å². The molecule has 2 heterocycles. The molecule has 8 rings (SSSR count). The van der Waals surface area contributed by atoms with E-state index < -0.39 is 0 Å². The lowest BCUT2D eigenvalue weighted by atomic mass is 9.92. The first-order valence-corrected chi connectivity index (χ1v) is 12.8. The minimum atomic E-state index is -0.285. The summed E-state index contributed by atoms with van der Waals surface area (Å²) in [5, 5.41) is 12.0. The zero-order valence-corrected chi connectivity index (χ0v) is 20.9. The first-order valence-electron chi connectivity index (χ1n) is 12.8. The number of rotatable bonds is 4. The number of fused-ring (bicyclic) bond motifs is 2. The summed E-state index contributed by atoms with van der Waals surface area (Å²) in [7, 11) is 0. The molecule has 0 spiro atoms. The van der Waals surface area contributed by atoms with Crippen molar-refractivity contribution in [2.75, 3.05) is 24.2 Å². The zero-order valence-electron chi connectivity index (χ0n) is 20.9. The van der Waals surface area contributed by atoms with Crippen LogP contribution in [0.5, 0.6) is 23.0 Å². The monoisotopic (exact) mass is 528 g/mol. The van der Waals surface area contributed by atoms with Crippen LogP contribution in [-0.2, 0) is 0 Å². The molecule has 8 heteroatoms. The molecule has 0 aliphatic carbocycles. The lowest BCUT2D eigenvalue weighted by Gasteiger charge is -2.17. The second kappa shape index (κ2) is 8.51. The van der Waals surface area contributed by atoms with Crippen molar-refractivity contribution in [3.63, 3.8) is 0 Å². The van der Waals surface area contributed by atoms with Crippen LogP contribution >= 0.6 is 0 Å². The van der Waals surface area contributed by atoms with E-state index in [0.29, 0.717) is 45.5 Å². The topological polar surface area (TPSA) is 95.1 Å². The number of benzene rings is 6. The van der Waals surface area contributed by atoms with Gasteiger partial charge in [-0.25, -0.2) is 0 Å². The highest BCUT2D eigenvalue weighted by Gasteiger charge is 2.24. The summed E-state index contributed by atoms with van der Waals surface area (Å²) in [6, 6.07) is 26.4. The van der Waals surface area contributed by atoms with Gasteiger partial charge in [-0.2, -0.15) is 0 Å². The van der Waals surface area contributed by atoms with Gasteiger partial charge in [0, 0.05) is 22.1 Å². The first kappa shape index (κ1) is 22.5. The number of hydrogen-bond donors (Lipinski definition) is 2. The highest BCUT2D eigenvalue weighted by molar-refractivity contribution is 6.29. The number of ether oxygens (including phenoxy) is 4. The van der Waals surface area contributed by atoms with Gasteiger partial charge in [-0.3, -0.25) is 9.59 Å². The van der Waals surface area contributed by atoms with Gasteiger partial charge in [0.05, 0.1) is 11.1 Å². The van der Waals surface area contributed by atoms with E-state index in [-0.39, 0.29) is 25.4 Å². The van der Waals surface area contributed by atoms with Gasteiger partial charge >= 0.3 is 0 Å². The number of carbonyl (C=O) groups is 2. The molecule has 8 nitrogen and oxygen atoms in total. The summed E-state index contributed by atoms with van der Waals surface area (Å²) in [6.07, 6.45) is 0. The number of para-hydroxylation sites is 2. The summed E-state index contributed by atoms with van der Waals surface area (Å²) in [6.45, 7) is 0.176. The fourth-order valence-electron chi connectivity index (χ4n) is 5.62. The first-order chi connectivity index (χ1) is 19.7. The van der Waals surface area contributed by atoms with Gasteiger partial charge in [-0.05, 0) is 57.9 Å². The third-order valence-electron chi connectivity index (χ3n) is 7.44. The minimum Gasteiger partial charge on any atom is -0.454 e. The molecule has 0 atom stereocenters. The van der Waals surface area contributed by atoms with Crippen LogP contribution in [0.25, 0.3) is 32.3 Å². The normalized spacial score (nSPS) is 13.3. The molecule has 0 aromatic heterocycles. The van der Waals surface area contributed by atoms with E-state index in [1.165, 1.54) is 0 Å². The van der Waals surface area contributed by atoms with E-state index in [2.05, 4.69) is 10.6 Å². The van der Waals surface area contributed by atoms with Crippen LogP contribution in [0, 0.1) is 0 Å². The predicted octanol–water partition coefficient (Wildman–Crippen LogP) is 6.55. The number of carbonyl (C=O) groups excluding carboxylic acids is 2. The molecule has 2 amide bonds. The van der Waals surface area contributed by atoms with Crippen LogP contribution in [0.2, 0.25) is 0 Å².